The number of hydrogen-bond acceptors (Lipinski definition) is 5. The first kappa shape index (κ1) is 21.8. The summed E-state index contributed by atoms with van der Waals surface area (Å²) in [5, 5.41) is 0.693. The Balaban J connectivity index is 1.86. The van der Waals surface area contributed by atoms with E-state index in [9.17, 15) is 9.59 Å². The van der Waals surface area contributed by atoms with E-state index in [1.165, 1.54) is 4.88 Å². The van der Waals surface area contributed by atoms with Gasteiger partial charge in [-0.15, -0.1) is 11.3 Å². The molecule has 1 atom stereocenters. The molecule has 5 nitrogen and oxygen atoms in total. The maximum Gasteiger partial charge on any atom is 0.329 e. The lowest BCUT2D eigenvalue weighted by Crippen LogP contribution is -2.32. The Morgan fingerprint density at radius 1 is 1.23 bits per heavy atom. The van der Waals surface area contributed by atoms with E-state index in [-0.39, 0.29) is 11.5 Å². The number of nitrogens with zero attached hydrogens (tertiary/aromatic N) is 2. The van der Waals surface area contributed by atoms with E-state index in [0.29, 0.717) is 23.7 Å². The van der Waals surface area contributed by atoms with E-state index < -0.39 is 6.04 Å². The van der Waals surface area contributed by atoms with Gasteiger partial charge in [-0.3, -0.25) is 9.36 Å². The molecule has 1 aliphatic rings. The van der Waals surface area contributed by atoms with Crippen LogP contribution in [-0.2, 0) is 22.4 Å². The second kappa shape index (κ2) is 8.95. The van der Waals surface area contributed by atoms with Gasteiger partial charge < -0.3 is 4.74 Å². The van der Waals surface area contributed by atoms with Gasteiger partial charge >= 0.3 is 5.97 Å². The molecule has 0 fully saturated rings. The maximum atomic E-state index is 13.8. The van der Waals surface area contributed by atoms with Crippen molar-refractivity contribution in [2.75, 3.05) is 6.61 Å². The molecule has 0 N–H and O–H groups in total. The third kappa shape index (κ3) is 4.31. The second-order valence-corrected chi connectivity index (χ2v) is 9.98. The minimum atomic E-state index is -0.744. The minimum absolute atomic E-state index is 0.130. The predicted molar refractivity (Wildman–Crippen MR) is 126 cm³/mol. The van der Waals surface area contributed by atoms with Crippen LogP contribution < -0.4 is 5.56 Å². The number of thiophene rings is 1. The van der Waals surface area contributed by atoms with E-state index in [1.807, 2.05) is 31.2 Å². The van der Waals surface area contributed by atoms with Crippen molar-refractivity contribution in [1.29, 1.82) is 0 Å². The van der Waals surface area contributed by atoms with Gasteiger partial charge in [0.2, 0.25) is 0 Å². The standard InChI is InChI=1S/C25H30N2O3S/c1-15(2)12-13-30-25(29)17(4)27-22(18-9-7-8-16(3)14-18)26-23-21(24(27)28)19-10-5-6-11-20(19)31-23/h7-9,14-15,17H,5-6,10-13H2,1-4H3. The molecule has 3 aromatic rings. The summed E-state index contributed by atoms with van der Waals surface area (Å²) in [7, 11) is 0. The molecule has 2 aromatic heterocycles. The summed E-state index contributed by atoms with van der Waals surface area (Å²) in [6, 6.07) is 7.18. The van der Waals surface area contributed by atoms with Crippen LogP contribution in [0.3, 0.4) is 0 Å². The minimum Gasteiger partial charge on any atom is -0.464 e. The van der Waals surface area contributed by atoms with Gasteiger partial charge in [-0.2, -0.15) is 0 Å². The molecule has 164 valence electrons. The predicted octanol–water partition coefficient (Wildman–Crippen LogP) is 5.46. The van der Waals surface area contributed by atoms with E-state index in [1.54, 1.807) is 22.8 Å². The topological polar surface area (TPSA) is 61.2 Å². The van der Waals surface area contributed by atoms with Gasteiger partial charge in [0.15, 0.2) is 0 Å². The monoisotopic (exact) mass is 438 g/mol. The lowest BCUT2D eigenvalue weighted by atomic mass is 9.97. The molecule has 0 amide bonds. The molecule has 0 spiro atoms. The van der Waals surface area contributed by atoms with Gasteiger partial charge in [0, 0.05) is 10.4 Å². The number of hydrogen-bond donors (Lipinski definition) is 0. The fourth-order valence-electron chi connectivity index (χ4n) is 4.19. The van der Waals surface area contributed by atoms with Crippen molar-refractivity contribution in [2.45, 2.75) is 65.8 Å². The highest BCUT2D eigenvalue weighted by Crippen LogP contribution is 2.35. The Morgan fingerprint density at radius 3 is 2.74 bits per heavy atom. The Kier molecular flexibility index (Phi) is 6.28. The van der Waals surface area contributed by atoms with Crippen LogP contribution in [0.1, 0.15) is 62.1 Å². The SMILES string of the molecule is Cc1cccc(-c2nc3sc4c(c3c(=O)n2C(C)C(=O)OCCC(C)C)CCCC4)c1. The lowest BCUT2D eigenvalue weighted by Gasteiger charge is -2.19. The van der Waals surface area contributed by atoms with E-state index in [4.69, 9.17) is 9.72 Å². The summed E-state index contributed by atoms with van der Waals surface area (Å²) in [5.41, 5.74) is 2.92. The molecule has 6 heteroatoms. The number of ether oxygens (including phenoxy) is 1. The van der Waals surface area contributed by atoms with Crippen LogP contribution in [0, 0.1) is 12.8 Å². The van der Waals surface area contributed by atoms with Crippen LogP contribution >= 0.6 is 11.3 Å². The van der Waals surface area contributed by atoms with Crippen LogP contribution in [0.5, 0.6) is 0 Å². The number of aryl methyl sites for hydroxylation is 3. The number of carbonyl (C=O) groups is 1. The summed E-state index contributed by atoms with van der Waals surface area (Å²) in [6.45, 7) is 8.30. The quantitative estimate of drug-likeness (QED) is 0.479. The van der Waals surface area contributed by atoms with Crippen molar-refractivity contribution in [1.82, 2.24) is 9.55 Å². The number of benzene rings is 1. The van der Waals surface area contributed by atoms with E-state index in [2.05, 4.69) is 13.8 Å². The normalized spacial score (nSPS) is 14.6. The first-order chi connectivity index (χ1) is 14.9. The molecule has 0 radical (unpaired) electrons. The van der Waals surface area contributed by atoms with Crippen LogP contribution in [-0.4, -0.2) is 22.1 Å². The number of carbonyl (C=O) groups excluding carboxylic acids is 1. The zero-order valence-electron chi connectivity index (χ0n) is 18.7. The Hall–Kier alpha value is -2.47. The van der Waals surface area contributed by atoms with E-state index in [0.717, 1.165) is 53.6 Å². The Bertz CT molecular complexity index is 1180. The number of aromatic nitrogens is 2. The average molecular weight is 439 g/mol. The van der Waals surface area contributed by atoms with Crippen LogP contribution in [0.2, 0.25) is 0 Å². The second-order valence-electron chi connectivity index (χ2n) is 8.90. The maximum absolute atomic E-state index is 13.8. The van der Waals surface area contributed by atoms with Gasteiger partial charge in [-0.05, 0) is 63.5 Å². The largest absolute Gasteiger partial charge is 0.464 e. The molecule has 4 rings (SSSR count). The van der Waals surface area contributed by atoms with Crippen molar-refractivity contribution in [3.8, 4) is 11.4 Å². The lowest BCUT2D eigenvalue weighted by molar-refractivity contribution is -0.147. The highest BCUT2D eigenvalue weighted by Gasteiger charge is 2.27. The van der Waals surface area contributed by atoms with Crippen molar-refractivity contribution in [3.63, 3.8) is 0 Å². The Morgan fingerprint density at radius 2 is 2.00 bits per heavy atom. The molecule has 1 aliphatic carbocycles. The average Bonchev–Trinajstić information content (AvgIpc) is 3.11. The first-order valence-electron chi connectivity index (χ1n) is 11.2. The number of fused-ring (bicyclic) bond motifs is 3. The van der Waals surface area contributed by atoms with Crippen molar-refractivity contribution >= 4 is 27.5 Å². The van der Waals surface area contributed by atoms with Gasteiger partial charge in [0.05, 0.1) is 12.0 Å². The van der Waals surface area contributed by atoms with Crippen LogP contribution in [0.4, 0.5) is 0 Å². The zero-order chi connectivity index (χ0) is 22.1. The van der Waals surface area contributed by atoms with Gasteiger partial charge in [0.1, 0.15) is 16.7 Å². The highest BCUT2D eigenvalue weighted by molar-refractivity contribution is 7.18. The molecular formula is C25H30N2O3S. The molecule has 0 saturated carbocycles. The van der Waals surface area contributed by atoms with E-state index >= 15 is 0 Å². The van der Waals surface area contributed by atoms with Crippen LogP contribution in [0.15, 0.2) is 29.1 Å². The zero-order valence-corrected chi connectivity index (χ0v) is 19.6. The molecule has 1 unspecified atom stereocenters. The summed E-state index contributed by atoms with van der Waals surface area (Å²) in [6.07, 6.45) is 4.95. The molecular weight excluding hydrogens is 408 g/mol. The summed E-state index contributed by atoms with van der Waals surface area (Å²) in [4.78, 5) is 33.7. The summed E-state index contributed by atoms with van der Waals surface area (Å²) >= 11 is 1.63. The number of rotatable bonds is 6. The van der Waals surface area contributed by atoms with Crippen molar-refractivity contribution in [2.24, 2.45) is 5.92 Å². The molecule has 0 bridgehead atoms. The van der Waals surface area contributed by atoms with Crippen LogP contribution in [0.25, 0.3) is 21.6 Å². The first-order valence-corrected chi connectivity index (χ1v) is 12.0. The molecule has 2 heterocycles. The third-order valence-electron chi connectivity index (χ3n) is 5.97. The molecule has 31 heavy (non-hydrogen) atoms. The van der Waals surface area contributed by atoms with Gasteiger partial charge in [-0.1, -0.05) is 37.6 Å². The number of esters is 1. The fraction of sp³-hybridized carbons (Fsp3) is 0.480. The highest BCUT2D eigenvalue weighted by atomic mass is 32.1. The van der Waals surface area contributed by atoms with Crippen molar-refractivity contribution < 1.29 is 9.53 Å². The molecule has 0 aliphatic heterocycles. The van der Waals surface area contributed by atoms with Gasteiger partial charge in [-0.25, -0.2) is 9.78 Å². The van der Waals surface area contributed by atoms with Gasteiger partial charge in [0.25, 0.3) is 5.56 Å². The summed E-state index contributed by atoms with van der Waals surface area (Å²) in [5.74, 6) is 0.596. The molecule has 1 aromatic carbocycles. The Labute approximate surface area is 187 Å². The third-order valence-corrected chi connectivity index (χ3v) is 7.15. The fourth-order valence-corrected chi connectivity index (χ4v) is 5.44. The summed E-state index contributed by atoms with van der Waals surface area (Å²) < 4.78 is 7.07. The van der Waals surface area contributed by atoms with Crippen molar-refractivity contribution in [3.05, 3.63) is 50.6 Å². The smallest absolute Gasteiger partial charge is 0.329 e. The molecule has 0 saturated heterocycles.